The van der Waals surface area contributed by atoms with Gasteiger partial charge in [-0.2, -0.15) is 0 Å². The molecule has 1 fully saturated rings. The highest BCUT2D eigenvalue weighted by atomic mass is 35.5. The van der Waals surface area contributed by atoms with E-state index in [0.29, 0.717) is 17.3 Å². The lowest BCUT2D eigenvalue weighted by Gasteiger charge is -2.15. The first-order valence-corrected chi connectivity index (χ1v) is 8.84. The highest BCUT2D eigenvalue weighted by Crippen LogP contribution is 2.31. The minimum Gasteiger partial charge on any atom is -0.407 e. The molecule has 9 heteroatoms. The van der Waals surface area contributed by atoms with Gasteiger partial charge in [0.25, 0.3) is 5.91 Å². The van der Waals surface area contributed by atoms with Gasteiger partial charge in [-0.15, -0.1) is 5.10 Å². The van der Waals surface area contributed by atoms with Crippen molar-refractivity contribution in [1.29, 1.82) is 0 Å². The van der Waals surface area contributed by atoms with Gasteiger partial charge >= 0.3 is 6.01 Å². The maximum Gasteiger partial charge on any atom is 0.322 e. The fraction of sp³-hybridized carbons (Fsp3) is 0.158. The summed E-state index contributed by atoms with van der Waals surface area (Å²) in [6, 6.07) is 12.2. The number of carbonyl (C=O) groups is 2. The van der Waals surface area contributed by atoms with E-state index in [1.54, 1.807) is 36.4 Å². The van der Waals surface area contributed by atoms with Crippen molar-refractivity contribution in [3.05, 3.63) is 70.8 Å². The van der Waals surface area contributed by atoms with Crippen LogP contribution in [0.4, 0.5) is 16.1 Å². The topological polar surface area (TPSA) is 88.3 Å². The molecule has 2 aromatic carbocycles. The molecule has 2 heterocycles. The van der Waals surface area contributed by atoms with Crippen molar-refractivity contribution < 1.29 is 18.4 Å². The molecular formula is C19H14ClFN4O3. The molecule has 0 saturated carbocycles. The van der Waals surface area contributed by atoms with Gasteiger partial charge in [0.15, 0.2) is 0 Å². The SMILES string of the molecule is O=C(Nc1nnc(C2CC(=O)N(c3ccc(F)cc3)C2)o1)c1ccccc1Cl. The van der Waals surface area contributed by atoms with Gasteiger partial charge in [0.2, 0.25) is 11.8 Å². The molecule has 1 aliphatic heterocycles. The Morgan fingerprint density at radius 1 is 1.18 bits per heavy atom. The van der Waals surface area contributed by atoms with E-state index < -0.39 is 5.91 Å². The van der Waals surface area contributed by atoms with Gasteiger partial charge in [0.1, 0.15) is 5.82 Å². The van der Waals surface area contributed by atoms with Gasteiger partial charge < -0.3 is 9.32 Å². The van der Waals surface area contributed by atoms with Crippen LogP contribution in [0.2, 0.25) is 5.02 Å². The summed E-state index contributed by atoms with van der Waals surface area (Å²) in [6.45, 7) is 0.324. The van der Waals surface area contributed by atoms with Gasteiger partial charge in [-0.05, 0) is 36.4 Å². The number of carbonyl (C=O) groups excluding carboxylic acids is 2. The Labute approximate surface area is 164 Å². The molecule has 1 saturated heterocycles. The van der Waals surface area contributed by atoms with E-state index in [-0.39, 0.29) is 41.5 Å². The molecular weight excluding hydrogens is 387 g/mol. The molecule has 28 heavy (non-hydrogen) atoms. The van der Waals surface area contributed by atoms with Crippen LogP contribution in [0.1, 0.15) is 28.6 Å². The van der Waals surface area contributed by atoms with Crippen molar-refractivity contribution in [2.24, 2.45) is 0 Å². The molecule has 0 spiro atoms. The third-order valence-corrected chi connectivity index (χ3v) is 4.72. The highest BCUT2D eigenvalue weighted by molar-refractivity contribution is 6.34. The number of benzene rings is 2. The lowest BCUT2D eigenvalue weighted by atomic mass is 10.1. The molecule has 7 nitrogen and oxygen atoms in total. The summed E-state index contributed by atoms with van der Waals surface area (Å²) in [7, 11) is 0. The first kappa shape index (κ1) is 18.1. The van der Waals surface area contributed by atoms with Gasteiger partial charge in [0.05, 0.1) is 16.5 Å². The molecule has 1 unspecified atom stereocenters. The molecule has 0 radical (unpaired) electrons. The Bertz CT molecular complexity index is 1040. The number of halogens is 2. The minimum absolute atomic E-state index is 0.0763. The molecule has 1 aromatic heterocycles. The van der Waals surface area contributed by atoms with Crippen LogP contribution in [0.3, 0.4) is 0 Å². The predicted molar refractivity (Wildman–Crippen MR) is 99.8 cm³/mol. The second-order valence-electron chi connectivity index (χ2n) is 6.26. The Kier molecular flexibility index (Phi) is 4.79. The monoisotopic (exact) mass is 400 g/mol. The zero-order valence-corrected chi connectivity index (χ0v) is 15.2. The average Bonchev–Trinajstić information content (AvgIpc) is 3.29. The van der Waals surface area contributed by atoms with Crippen LogP contribution in [0.25, 0.3) is 0 Å². The van der Waals surface area contributed by atoms with Crippen LogP contribution in [0, 0.1) is 5.82 Å². The number of hydrogen-bond acceptors (Lipinski definition) is 5. The molecule has 0 bridgehead atoms. The quantitative estimate of drug-likeness (QED) is 0.722. The van der Waals surface area contributed by atoms with Crippen LogP contribution in [-0.2, 0) is 4.79 Å². The van der Waals surface area contributed by atoms with Crippen LogP contribution in [0.15, 0.2) is 52.9 Å². The van der Waals surface area contributed by atoms with Crippen molar-refractivity contribution in [3.8, 4) is 0 Å². The van der Waals surface area contributed by atoms with E-state index >= 15 is 0 Å². The van der Waals surface area contributed by atoms with Crippen molar-refractivity contribution in [2.75, 3.05) is 16.8 Å². The van der Waals surface area contributed by atoms with E-state index in [0.717, 1.165) is 0 Å². The molecule has 1 aliphatic rings. The van der Waals surface area contributed by atoms with E-state index in [9.17, 15) is 14.0 Å². The maximum atomic E-state index is 13.1. The van der Waals surface area contributed by atoms with E-state index in [1.807, 2.05) is 0 Å². The molecule has 142 valence electrons. The molecule has 3 aromatic rings. The fourth-order valence-electron chi connectivity index (χ4n) is 3.00. The number of anilines is 2. The van der Waals surface area contributed by atoms with E-state index in [4.69, 9.17) is 16.0 Å². The molecule has 4 rings (SSSR count). The lowest BCUT2D eigenvalue weighted by molar-refractivity contribution is -0.117. The van der Waals surface area contributed by atoms with Crippen molar-refractivity contribution >= 4 is 35.1 Å². The summed E-state index contributed by atoms with van der Waals surface area (Å²) in [4.78, 5) is 26.1. The first-order valence-electron chi connectivity index (χ1n) is 8.46. The Balaban J connectivity index is 1.46. The fourth-order valence-corrected chi connectivity index (χ4v) is 3.23. The number of amides is 2. The zero-order chi connectivity index (χ0) is 19.7. The third-order valence-electron chi connectivity index (χ3n) is 4.39. The summed E-state index contributed by atoms with van der Waals surface area (Å²) in [5.74, 6) is -1.06. The molecule has 0 aliphatic carbocycles. The number of hydrogen-bond donors (Lipinski definition) is 1. The Morgan fingerprint density at radius 3 is 2.68 bits per heavy atom. The second-order valence-corrected chi connectivity index (χ2v) is 6.67. The van der Waals surface area contributed by atoms with E-state index in [1.165, 1.54) is 17.0 Å². The van der Waals surface area contributed by atoms with Crippen molar-refractivity contribution in [2.45, 2.75) is 12.3 Å². The normalized spacial score (nSPS) is 16.4. The average molecular weight is 401 g/mol. The Hall–Kier alpha value is -3.26. The first-order chi connectivity index (χ1) is 13.5. The number of aromatic nitrogens is 2. The van der Waals surface area contributed by atoms with Crippen LogP contribution in [-0.4, -0.2) is 28.6 Å². The van der Waals surface area contributed by atoms with Gasteiger partial charge in [0, 0.05) is 18.7 Å². The van der Waals surface area contributed by atoms with Crippen LogP contribution < -0.4 is 10.2 Å². The largest absolute Gasteiger partial charge is 0.407 e. The zero-order valence-electron chi connectivity index (χ0n) is 14.4. The summed E-state index contributed by atoms with van der Waals surface area (Å²) in [5.41, 5.74) is 0.878. The van der Waals surface area contributed by atoms with E-state index in [2.05, 4.69) is 15.5 Å². The summed E-state index contributed by atoms with van der Waals surface area (Å²) in [6.07, 6.45) is 0.178. The summed E-state index contributed by atoms with van der Waals surface area (Å²) < 4.78 is 18.6. The maximum absolute atomic E-state index is 13.1. The van der Waals surface area contributed by atoms with Gasteiger partial charge in [-0.1, -0.05) is 28.8 Å². The van der Waals surface area contributed by atoms with Crippen LogP contribution in [0.5, 0.6) is 0 Å². The number of nitrogens with one attached hydrogen (secondary N) is 1. The molecule has 2 amide bonds. The standard InChI is InChI=1S/C19H14ClFN4O3/c20-15-4-2-1-3-14(15)17(27)22-19-24-23-18(28-19)11-9-16(26)25(10-11)13-7-5-12(21)6-8-13/h1-8,11H,9-10H2,(H,22,24,27). The predicted octanol–water partition coefficient (Wildman–Crippen LogP) is 3.63. The lowest BCUT2D eigenvalue weighted by Crippen LogP contribution is -2.24. The number of nitrogens with zero attached hydrogens (tertiary/aromatic N) is 3. The highest BCUT2D eigenvalue weighted by Gasteiger charge is 2.35. The number of rotatable bonds is 4. The minimum atomic E-state index is -0.476. The summed E-state index contributed by atoms with van der Waals surface area (Å²) >= 11 is 6.00. The van der Waals surface area contributed by atoms with Crippen LogP contribution >= 0.6 is 11.6 Å². The van der Waals surface area contributed by atoms with Gasteiger partial charge in [-0.3, -0.25) is 14.9 Å². The third kappa shape index (κ3) is 3.59. The summed E-state index contributed by atoms with van der Waals surface area (Å²) in [5, 5.41) is 10.6. The smallest absolute Gasteiger partial charge is 0.322 e. The van der Waals surface area contributed by atoms with Crippen molar-refractivity contribution in [3.63, 3.8) is 0 Å². The second kappa shape index (κ2) is 7.40. The Morgan fingerprint density at radius 2 is 1.93 bits per heavy atom. The van der Waals surface area contributed by atoms with Crippen molar-refractivity contribution in [1.82, 2.24) is 10.2 Å². The molecule has 1 atom stereocenters. The van der Waals surface area contributed by atoms with Gasteiger partial charge in [-0.25, -0.2) is 4.39 Å². The molecule has 1 N–H and O–H groups in total.